The number of rotatable bonds is 12. The second kappa shape index (κ2) is 13.1. The first-order chi connectivity index (χ1) is 20.4. The monoisotopic (exact) mass is 575 g/mol. The normalized spacial score (nSPS) is 19.5. The van der Waals surface area contributed by atoms with Crippen LogP contribution in [0.2, 0.25) is 0 Å². The maximum Gasteiger partial charge on any atom is 0.308 e. The second-order valence-corrected chi connectivity index (χ2v) is 10.6. The summed E-state index contributed by atoms with van der Waals surface area (Å²) < 4.78 is 22.4. The molecule has 42 heavy (non-hydrogen) atoms. The molecule has 10 nitrogen and oxygen atoms in total. The molecule has 1 aromatic heterocycles. The molecule has 5 rings (SSSR count). The van der Waals surface area contributed by atoms with Gasteiger partial charge in [0.05, 0.1) is 38.6 Å². The van der Waals surface area contributed by atoms with Gasteiger partial charge >= 0.3 is 5.97 Å². The molecule has 1 saturated heterocycles. The molecule has 222 valence electrons. The summed E-state index contributed by atoms with van der Waals surface area (Å²) in [5.74, 6) is -0.0750. The smallest absolute Gasteiger partial charge is 0.308 e. The summed E-state index contributed by atoms with van der Waals surface area (Å²) >= 11 is 0. The number of benzene rings is 2. The number of carboxylic acids is 1. The van der Waals surface area contributed by atoms with Gasteiger partial charge in [0.2, 0.25) is 18.4 Å². The number of amides is 1. The zero-order chi connectivity index (χ0) is 29.6. The molecule has 3 unspecified atom stereocenters. The van der Waals surface area contributed by atoms with Gasteiger partial charge in [-0.2, -0.15) is 0 Å². The molecule has 0 bridgehead atoms. The molecule has 1 amide bonds. The van der Waals surface area contributed by atoms with Gasteiger partial charge in [0, 0.05) is 31.2 Å². The van der Waals surface area contributed by atoms with Crippen LogP contribution in [0.4, 0.5) is 5.69 Å². The number of pyridine rings is 1. The van der Waals surface area contributed by atoms with Crippen LogP contribution < -0.4 is 23.8 Å². The van der Waals surface area contributed by atoms with Crippen LogP contribution in [0.25, 0.3) is 0 Å². The van der Waals surface area contributed by atoms with Crippen LogP contribution >= 0.6 is 0 Å². The van der Waals surface area contributed by atoms with Crippen LogP contribution in [0.15, 0.2) is 60.9 Å². The number of hydrogen-bond donors (Lipinski definition) is 1. The minimum Gasteiger partial charge on any atom is -0.496 e. The summed E-state index contributed by atoms with van der Waals surface area (Å²) in [6.45, 7) is 3.12. The number of carbonyl (C=O) groups excluding carboxylic acids is 1. The second-order valence-electron chi connectivity index (χ2n) is 10.6. The Kier molecular flexibility index (Phi) is 9.12. The lowest BCUT2D eigenvalue weighted by Gasteiger charge is -2.30. The van der Waals surface area contributed by atoms with Gasteiger partial charge in [-0.05, 0) is 54.3 Å². The van der Waals surface area contributed by atoms with Crippen molar-refractivity contribution in [3.05, 3.63) is 72.1 Å². The average Bonchev–Trinajstić information content (AvgIpc) is 3.62. The number of unbranched alkanes of at least 4 members (excludes halogenated alkanes) is 1. The number of likely N-dealkylation sites (tertiary alicyclic amines) is 1. The predicted octanol–water partition coefficient (Wildman–Crippen LogP) is 4.37. The topological polar surface area (TPSA) is 111 Å². The zero-order valence-electron chi connectivity index (χ0n) is 24.2. The highest BCUT2D eigenvalue weighted by Crippen LogP contribution is 2.47. The van der Waals surface area contributed by atoms with Crippen LogP contribution in [0.5, 0.6) is 23.0 Å². The van der Waals surface area contributed by atoms with Crippen molar-refractivity contribution in [3.8, 4) is 23.0 Å². The quantitative estimate of drug-likeness (QED) is 0.337. The molecule has 2 aliphatic rings. The Balaban J connectivity index is 1.52. The van der Waals surface area contributed by atoms with Crippen LogP contribution in [0, 0.1) is 5.92 Å². The van der Waals surface area contributed by atoms with E-state index >= 15 is 0 Å². The van der Waals surface area contributed by atoms with E-state index in [2.05, 4.69) is 11.9 Å². The first kappa shape index (κ1) is 29.2. The van der Waals surface area contributed by atoms with Gasteiger partial charge in [0.25, 0.3) is 0 Å². The Morgan fingerprint density at radius 1 is 1.10 bits per heavy atom. The number of hydrogen-bond acceptors (Lipinski definition) is 8. The molecule has 0 aliphatic carbocycles. The van der Waals surface area contributed by atoms with Crippen LogP contribution in [0.3, 0.4) is 0 Å². The first-order valence-corrected chi connectivity index (χ1v) is 14.2. The van der Waals surface area contributed by atoms with Crippen molar-refractivity contribution >= 4 is 17.6 Å². The van der Waals surface area contributed by atoms with Crippen molar-refractivity contribution in [2.24, 2.45) is 5.92 Å². The van der Waals surface area contributed by atoms with E-state index in [4.69, 9.17) is 18.9 Å². The molecule has 1 N–H and O–H groups in total. The van der Waals surface area contributed by atoms with E-state index in [0.29, 0.717) is 42.5 Å². The minimum absolute atomic E-state index is 0.0559. The molecular weight excluding hydrogens is 538 g/mol. The number of nitrogens with zero attached hydrogens (tertiary/aromatic N) is 3. The number of methoxy groups -OCH3 is 2. The molecule has 0 saturated carbocycles. The highest BCUT2D eigenvalue weighted by atomic mass is 16.7. The van der Waals surface area contributed by atoms with E-state index in [1.807, 2.05) is 53.4 Å². The van der Waals surface area contributed by atoms with Gasteiger partial charge in [-0.1, -0.05) is 31.5 Å². The molecule has 3 aromatic rings. The SMILES string of the molecule is CCCCN(C(=O)CN1CC(c2cc(OC)c3c(c2)OCO3)C(C(=O)O)C1Cc1ccccc1OC)c1cccnc1. The van der Waals surface area contributed by atoms with Crippen LogP contribution in [-0.2, 0) is 16.0 Å². The summed E-state index contributed by atoms with van der Waals surface area (Å²) in [7, 11) is 3.15. The zero-order valence-corrected chi connectivity index (χ0v) is 24.2. The molecule has 1 fully saturated rings. The summed E-state index contributed by atoms with van der Waals surface area (Å²) in [5.41, 5.74) is 2.37. The fourth-order valence-electron chi connectivity index (χ4n) is 6.03. The third-order valence-electron chi connectivity index (χ3n) is 8.10. The number of aromatic nitrogens is 1. The maximum absolute atomic E-state index is 13.9. The summed E-state index contributed by atoms with van der Waals surface area (Å²) in [6, 6.07) is 14.5. The largest absolute Gasteiger partial charge is 0.496 e. The van der Waals surface area contributed by atoms with E-state index in [0.717, 1.165) is 29.7 Å². The standard InChI is InChI=1S/C32H37N3O7/c1-4-5-13-35(23-10-8-12-33-17-23)29(36)19-34-18-24(22-15-27(40-3)31-28(16-22)41-20-42-31)30(32(37)38)25(34)14-21-9-6-7-11-26(21)39-2/h6-12,15-17,24-25,30H,4-5,13-14,18-20H2,1-3H3,(H,37,38). The van der Waals surface area contributed by atoms with Gasteiger partial charge in [-0.25, -0.2) is 0 Å². The highest BCUT2D eigenvalue weighted by molar-refractivity contribution is 5.94. The third-order valence-corrected chi connectivity index (χ3v) is 8.10. The Morgan fingerprint density at radius 3 is 2.62 bits per heavy atom. The van der Waals surface area contributed by atoms with E-state index in [-0.39, 0.29) is 19.2 Å². The number of carboxylic acid groups (broad SMARTS) is 1. The Morgan fingerprint density at radius 2 is 1.90 bits per heavy atom. The Bertz CT molecular complexity index is 1400. The number of anilines is 1. The van der Waals surface area contributed by atoms with Crippen molar-refractivity contribution in [1.82, 2.24) is 9.88 Å². The van der Waals surface area contributed by atoms with Gasteiger partial charge in [-0.15, -0.1) is 0 Å². The Hall–Kier alpha value is -4.31. The van der Waals surface area contributed by atoms with Gasteiger partial charge < -0.3 is 29.0 Å². The highest BCUT2D eigenvalue weighted by Gasteiger charge is 2.48. The molecule has 3 heterocycles. The van der Waals surface area contributed by atoms with Crippen molar-refractivity contribution < 1.29 is 33.6 Å². The average molecular weight is 576 g/mol. The molecular formula is C32H37N3O7. The molecule has 0 spiro atoms. The lowest BCUT2D eigenvalue weighted by Crippen LogP contribution is -2.45. The van der Waals surface area contributed by atoms with E-state index < -0.39 is 23.8 Å². The lowest BCUT2D eigenvalue weighted by atomic mass is 9.83. The maximum atomic E-state index is 13.9. The fourth-order valence-corrected chi connectivity index (χ4v) is 6.03. The molecule has 10 heteroatoms. The van der Waals surface area contributed by atoms with E-state index in [1.165, 1.54) is 0 Å². The van der Waals surface area contributed by atoms with Crippen molar-refractivity contribution in [2.75, 3.05) is 45.5 Å². The molecule has 2 aliphatic heterocycles. The number of ether oxygens (including phenoxy) is 4. The first-order valence-electron chi connectivity index (χ1n) is 14.2. The van der Waals surface area contributed by atoms with Gasteiger partial charge in [0.15, 0.2) is 11.5 Å². The van der Waals surface area contributed by atoms with Crippen molar-refractivity contribution in [2.45, 2.75) is 38.1 Å². The third kappa shape index (κ3) is 5.99. The van der Waals surface area contributed by atoms with Crippen molar-refractivity contribution in [1.29, 1.82) is 0 Å². The summed E-state index contributed by atoms with van der Waals surface area (Å²) in [6.07, 6.45) is 5.53. The molecule has 3 atom stereocenters. The molecule has 0 radical (unpaired) electrons. The van der Waals surface area contributed by atoms with Crippen LogP contribution in [0.1, 0.15) is 36.8 Å². The molecule has 2 aromatic carbocycles. The Labute approximate surface area is 245 Å². The summed E-state index contributed by atoms with van der Waals surface area (Å²) in [4.78, 5) is 34.9. The van der Waals surface area contributed by atoms with Crippen molar-refractivity contribution in [3.63, 3.8) is 0 Å². The minimum atomic E-state index is -0.929. The van der Waals surface area contributed by atoms with Gasteiger partial charge in [0.1, 0.15) is 5.75 Å². The number of fused-ring (bicyclic) bond motifs is 1. The van der Waals surface area contributed by atoms with E-state index in [1.54, 1.807) is 31.5 Å². The number of para-hydroxylation sites is 1. The fraction of sp³-hybridized carbons (Fsp3) is 0.406. The number of aliphatic carboxylic acids is 1. The van der Waals surface area contributed by atoms with Crippen LogP contribution in [-0.4, -0.2) is 73.6 Å². The van der Waals surface area contributed by atoms with Gasteiger partial charge in [-0.3, -0.25) is 19.5 Å². The van der Waals surface area contributed by atoms with E-state index in [9.17, 15) is 14.7 Å². The predicted molar refractivity (Wildman–Crippen MR) is 157 cm³/mol. The number of carbonyl (C=O) groups is 2. The lowest BCUT2D eigenvalue weighted by molar-refractivity contribution is -0.143. The summed E-state index contributed by atoms with van der Waals surface area (Å²) in [5, 5.41) is 10.6.